The summed E-state index contributed by atoms with van der Waals surface area (Å²) in [5.41, 5.74) is 5.27. The molecule has 1 aromatic heterocycles. The summed E-state index contributed by atoms with van der Waals surface area (Å²) in [6.07, 6.45) is 3.09. The highest BCUT2D eigenvalue weighted by molar-refractivity contribution is 5.74. The van der Waals surface area contributed by atoms with Crippen LogP contribution in [-0.2, 0) is 13.5 Å². The molecule has 1 aliphatic rings. The Hall–Kier alpha value is -1.57. The first kappa shape index (κ1) is 6.89. The molecule has 2 aromatic rings. The van der Waals surface area contributed by atoms with E-state index in [9.17, 15) is 0 Å². The van der Waals surface area contributed by atoms with E-state index in [1.54, 1.807) is 0 Å². The molecule has 0 radical (unpaired) electrons. The molecule has 0 saturated heterocycles. The number of nitrogens with zero attached hydrogens (tertiary/aromatic N) is 2. The molecular weight excluding hydrogens is 160 g/mol. The van der Waals surface area contributed by atoms with E-state index in [1.807, 2.05) is 11.7 Å². The van der Waals surface area contributed by atoms with Crippen LogP contribution in [0, 0.1) is 0 Å². The number of rotatable bonds is 0. The minimum absolute atomic E-state index is 0.992. The van der Waals surface area contributed by atoms with Crippen molar-refractivity contribution < 1.29 is 0 Å². The number of hydrogen-bond acceptors (Lipinski definition) is 1. The molecular formula is C11H10N2. The molecule has 2 heteroatoms. The third-order valence-corrected chi connectivity index (χ3v) is 2.57. The van der Waals surface area contributed by atoms with Crippen molar-refractivity contribution >= 4 is 0 Å². The van der Waals surface area contributed by atoms with E-state index in [0.29, 0.717) is 0 Å². The number of benzene rings is 1. The van der Waals surface area contributed by atoms with Crippen molar-refractivity contribution in [3.8, 4) is 11.1 Å². The first-order chi connectivity index (χ1) is 6.34. The molecule has 0 atom stereocenters. The van der Waals surface area contributed by atoms with Crippen molar-refractivity contribution in [3.05, 3.63) is 41.7 Å². The number of fused-ring (bicyclic) bond motifs is 3. The zero-order chi connectivity index (χ0) is 8.84. The summed E-state index contributed by atoms with van der Waals surface area (Å²) in [4.78, 5) is 0. The summed E-state index contributed by atoms with van der Waals surface area (Å²) >= 11 is 0. The summed E-state index contributed by atoms with van der Waals surface area (Å²) in [5, 5.41) is 4.42. The molecule has 64 valence electrons. The van der Waals surface area contributed by atoms with Gasteiger partial charge in [0, 0.05) is 25.2 Å². The largest absolute Gasteiger partial charge is 0.275 e. The Morgan fingerprint density at radius 2 is 2.08 bits per heavy atom. The van der Waals surface area contributed by atoms with Crippen LogP contribution in [0.1, 0.15) is 11.3 Å². The average molecular weight is 170 g/mol. The molecule has 3 rings (SSSR count). The summed E-state index contributed by atoms with van der Waals surface area (Å²) in [6.45, 7) is 0. The fourth-order valence-corrected chi connectivity index (χ4v) is 2.01. The normalized spacial score (nSPS) is 12.7. The van der Waals surface area contributed by atoms with Gasteiger partial charge in [-0.05, 0) is 11.1 Å². The van der Waals surface area contributed by atoms with E-state index < -0.39 is 0 Å². The number of aryl methyl sites for hydroxylation is 1. The third kappa shape index (κ3) is 0.856. The van der Waals surface area contributed by atoms with E-state index in [0.717, 1.165) is 6.42 Å². The van der Waals surface area contributed by atoms with Crippen LogP contribution in [0.4, 0.5) is 0 Å². The number of aromatic nitrogens is 2. The van der Waals surface area contributed by atoms with Crippen LogP contribution in [0.3, 0.4) is 0 Å². The molecule has 1 heterocycles. The first-order valence-corrected chi connectivity index (χ1v) is 4.45. The fourth-order valence-electron chi connectivity index (χ4n) is 2.01. The van der Waals surface area contributed by atoms with Crippen LogP contribution >= 0.6 is 0 Å². The quantitative estimate of drug-likeness (QED) is 0.504. The topological polar surface area (TPSA) is 17.8 Å². The minimum Gasteiger partial charge on any atom is -0.275 e. The lowest BCUT2D eigenvalue weighted by molar-refractivity contribution is 0.749. The number of hydrogen-bond donors (Lipinski definition) is 0. The Morgan fingerprint density at radius 1 is 1.23 bits per heavy atom. The first-order valence-electron chi connectivity index (χ1n) is 4.45. The molecule has 1 aromatic carbocycles. The third-order valence-electron chi connectivity index (χ3n) is 2.57. The Bertz CT molecular complexity index is 469. The van der Waals surface area contributed by atoms with Gasteiger partial charge in [0.05, 0.1) is 5.69 Å². The summed E-state index contributed by atoms with van der Waals surface area (Å²) in [6, 6.07) is 8.52. The van der Waals surface area contributed by atoms with Crippen molar-refractivity contribution in [3.63, 3.8) is 0 Å². The van der Waals surface area contributed by atoms with E-state index in [-0.39, 0.29) is 0 Å². The second kappa shape index (κ2) is 2.22. The molecule has 13 heavy (non-hydrogen) atoms. The lowest BCUT2D eigenvalue weighted by atomic mass is 10.1. The van der Waals surface area contributed by atoms with Crippen LogP contribution in [-0.4, -0.2) is 9.78 Å². The van der Waals surface area contributed by atoms with E-state index >= 15 is 0 Å². The van der Waals surface area contributed by atoms with Crippen LogP contribution in [0.25, 0.3) is 11.1 Å². The molecule has 0 amide bonds. The molecule has 0 unspecified atom stereocenters. The van der Waals surface area contributed by atoms with Crippen LogP contribution in [0.15, 0.2) is 30.5 Å². The van der Waals surface area contributed by atoms with Gasteiger partial charge < -0.3 is 0 Å². The zero-order valence-corrected chi connectivity index (χ0v) is 7.49. The van der Waals surface area contributed by atoms with Gasteiger partial charge >= 0.3 is 0 Å². The van der Waals surface area contributed by atoms with Gasteiger partial charge in [-0.25, -0.2) is 0 Å². The smallest absolute Gasteiger partial charge is 0.0746 e. The Labute approximate surface area is 76.8 Å². The summed E-state index contributed by atoms with van der Waals surface area (Å²) in [7, 11) is 1.97. The highest BCUT2D eigenvalue weighted by Crippen LogP contribution is 2.34. The lowest BCUT2D eigenvalue weighted by Gasteiger charge is -1.96. The van der Waals surface area contributed by atoms with Crippen molar-refractivity contribution in [1.82, 2.24) is 9.78 Å². The molecule has 0 aliphatic heterocycles. The van der Waals surface area contributed by atoms with Gasteiger partial charge in [-0.2, -0.15) is 5.10 Å². The van der Waals surface area contributed by atoms with Gasteiger partial charge in [-0.3, -0.25) is 4.68 Å². The van der Waals surface area contributed by atoms with Crippen molar-refractivity contribution in [1.29, 1.82) is 0 Å². The fraction of sp³-hybridized carbons (Fsp3) is 0.182. The highest BCUT2D eigenvalue weighted by Gasteiger charge is 2.20. The summed E-state index contributed by atoms with van der Waals surface area (Å²) in [5.74, 6) is 0. The molecule has 0 bridgehead atoms. The molecule has 0 saturated carbocycles. The van der Waals surface area contributed by atoms with Gasteiger partial charge in [-0.1, -0.05) is 24.3 Å². The van der Waals surface area contributed by atoms with Crippen LogP contribution in [0.5, 0.6) is 0 Å². The molecule has 2 nitrogen and oxygen atoms in total. The SMILES string of the molecule is Cn1cc2c(n1)Cc1ccccc1-2. The Balaban J connectivity index is 2.30. The highest BCUT2D eigenvalue weighted by atomic mass is 15.3. The summed E-state index contributed by atoms with van der Waals surface area (Å²) < 4.78 is 1.89. The van der Waals surface area contributed by atoms with Crippen molar-refractivity contribution in [2.75, 3.05) is 0 Å². The monoisotopic (exact) mass is 170 g/mol. The lowest BCUT2D eigenvalue weighted by Crippen LogP contribution is -1.91. The second-order valence-corrected chi connectivity index (χ2v) is 3.50. The Morgan fingerprint density at radius 3 is 3.00 bits per heavy atom. The molecule has 0 N–H and O–H groups in total. The van der Waals surface area contributed by atoms with Gasteiger partial charge in [-0.15, -0.1) is 0 Å². The molecule has 0 spiro atoms. The predicted molar refractivity (Wildman–Crippen MR) is 51.5 cm³/mol. The van der Waals surface area contributed by atoms with Crippen LogP contribution < -0.4 is 0 Å². The standard InChI is InChI=1S/C11H10N2/c1-13-7-10-9-5-3-2-4-8(9)6-11(10)12-13/h2-5,7H,6H2,1H3. The van der Waals surface area contributed by atoms with Gasteiger partial charge in [0.2, 0.25) is 0 Å². The Kier molecular flexibility index (Phi) is 1.18. The maximum absolute atomic E-state index is 4.42. The van der Waals surface area contributed by atoms with Gasteiger partial charge in [0.1, 0.15) is 0 Å². The second-order valence-electron chi connectivity index (χ2n) is 3.50. The maximum Gasteiger partial charge on any atom is 0.0746 e. The van der Waals surface area contributed by atoms with Gasteiger partial charge in [0.25, 0.3) is 0 Å². The minimum atomic E-state index is 0.992. The average Bonchev–Trinajstić information content (AvgIpc) is 2.60. The van der Waals surface area contributed by atoms with Crippen molar-refractivity contribution in [2.45, 2.75) is 6.42 Å². The molecule has 1 aliphatic carbocycles. The van der Waals surface area contributed by atoms with Gasteiger partial charge in [0.15, 0.2) is 0 Å². The van der Waals surface area contributed by atoms with Crippen LogP contribution in [0.2, 0.25) is 0 Å². The predicted octanol–water partition coefficient (Wildman–Crippen LogP) is 1.99. The molecule has 0 fully saturated rings. The van der Waals surface area contributed by atoms with E-state index in [4.69, 9.17) is 0 Å². The maximum atomic E-state index is 4.42. The zero-order valence-electron chi connectivity index (χ0n) is 7.49. The van der Waals surface area contributed by atoms with E-state index in [2.05, 4.69) is 35.6 Å². The van der Waals surface area contributed by atoms with Crippen molar-refractivity contribution in [2.24, 2.45) is 7.05 Å². The van der Waals surface area contributed by atoms with E-state index in [1.165, 1.54) is 22.4 Å².